The van der Waals surface area contributed by atoms with Crippen LogP contribution in [0.3, 0.4) is 0 Å². The summed E-state index contributed by atoms with van der Waals surface area (Å²) in [4.78, 5) is 10.7. The van der Waals surface area contributed by atoms with Gasteiger partial charge in [0.25, 0.3) is 0 Å². The molecule has 0 spiro atoms. The second-order valence-corrected chi connectivity index (χ2v) is 3.93. The first-order chi connectivity index (χ1) is 7.08. The fourth-order valence-electron chi connectivity index (χ4n) is 1.50. The van der Waals surface area contributed by atoms with Gasteiger partial charge in [-0.3, -0.25) is 4.79 Å². The van der Waals surface area contributed by atoms with E-state index in [2.05, 4.69) is 5.32 Å². The minimum atomic E-state index is -0.506. The Hall–Kier alpha value is -0.650. The summed E-state index contributed by atoms with van der Waals surface area (Å²) in [6.45, 7) is 4.11. The van der Waals surface area contributed by atoms with E-state index in [0.29, 0.717) is 13.2 Å². The Morgan fingerprint density at radius 3 is 2.67 bits per heavy atom. The summed E-state index contributed by atoms with van der Waals surface area (Å²) in [6, 6.07) is 0.126. The van der Waals surface area contributed by atoms with Gasteiger partial charge in [-0.2, -0.15) is 0 Å². The number of rotatable bonds is 4. The molecular weight excluding hydrogens is 198 g/mol. The Labute approximate surface area is 89.8 Å². The normalized spacial score (nSPS) is 28.5. The van der Waals surface area contributed by atoms with Crippen LogP contribution in [-0.4, -0.2) is 42.7 Å². The first kappa shape index (κ1) is 12.4. The van der Waals surface area contributed by atoms with Gasteiger partial charge in [0.15, 0.2) is 6.29 Å². The van der Waals surface area contributed by atoms with Crippen LogP contribution in [0.25, 0.3) is 0 Å². The molecule has 0 bridgehead atoms. The maximum Gasteiger partial charge on any atom is 0.217 e. The highest BCUT2D eigenvalue weighted by Crippen LogP contribution is 2.12. The first-order valence-corrected chi connectivity index (χ1v) is 5.26. The molecular formula is C10H19NO4. The molecule has 2 N–H and O–H groups in total. The van der Waals surface area contributed by atoms with Crippen molar-refractivity contribution in [2.45, 2.75) is 45.1 Å². The number of carbonyl (C=O) groups excluding carboxylic acids is 1. The van der Waals surface area contributed by atoms with Gasteiger partial charge in [-0.15, -0.1) is 0 Å². The summed E-state index contributed by atoms with van der Waals surface area (Å²) in [6.07, 6.45) is 0.785. The molecule has 0 aliphatic carbocycles. The molecule has 0 aromatic carbocycles. The molecule has 1 amide bonds. The molecule has 0 saturated carbocycles. The van der Waals surface area contributed by atoms with Crippen LogP contribution in [0.5, 0.6) is 0 Å². The molecule has 15 heavy (non-hydrogen) atoms. The van der Waals surface area contributed by atoms with Crippen molar-refractivity contribution in [3.8, 4) is 0 Å². The van der Waals surface area contributed by atoms with Crippen molar-refractivity contribution >= 4 is 5.91 Å². The lowest BCUT2D eigenvalue weighted by atomic mass is 10.1. The van der Waals surface area contributed by atoms with Crippen molar-refractivity contribution in [2.75, 3.05) is 13.2 Å². The monoisotopic (exact) mass is 217 g/mol. The second kappa shape index (κ2) is 6.05. The molecule has 5 heteroatoms. The van der Waals surface area contributed by atoms with Crippen LogP contribution < -0.4 is 5.32 Å². The summed E-state index contributed by atoms with van der Waals surface area (Å²) < 4.78 is 10.5. The Bertz CT molecular complexity index is 202. The van der Waals surface area contributed by atoms with Crippen LogP contribution in [0.1, 0.15) is 26.7 Å². The third-order valence-electron chi connectivity index (χ3n) is 2.23. The zero-order valence-electron chi connectivity index (χ0n) is 9.23. The smallest absolute Gasteiger partial charge is 0.217 e. The van der Waals surface area contributed by atoms with Crippen LogP contribution >= 0.6 is 0 Å². The van der Waals surface area contributed by atoms with Crippen molar-refractivity contribution in [1.82, 2.24) is 5.32 Å². The van der Waals surface area contributed by atoms with E-state index in [-0.39, 0.29) is 18.2 Å². The van der Waals surface area contributed by atoms with E-state index in [1.54, 1.807) is 0 Å². The molecule has 1 fully saturated rings. The molecule has 0 aromatic heterocycles. The summed E-state index contributed by atoms with van der Waals surface area (Å²) in [7, 11) is 0. The minimum absolute atomic E-state index is 0.0246. The number of aliphatic hydroxyl groups is 1. The summed E-state index contributed by atoms with van der Waals surface area (Å²) in [5.41, 5.74) is 0. The number of ether oxygens (including phenoxy) is 2. The lowest BCUT2D eigenvalue weighted by Gasteiger charge is -2.27. The van der Waals surface area contributed by atoms with Crippen molar-refractivity contribution in [3.63, 3.8) is 0 Å². The Morgan fingerprint density at radius 1 is 1.53 bits per heavy atom. The van der Waals surface area contributed by atoms with Crippen molar-refractivity contribution in [2.24, 2.45) is 0 Å². The van der Waals surface area contributed by atoms with Crippen molar-refractivity contribution < 1.29 is 19.4 Å². The van der Waals surface area contributed by atoms with Gasteiger partial charge in [-0.05, 0) is 13.3 Å². The van der Waals surface area contributed by atoms with E-state index in [0.717, 1.165) is 12.8 Å². The van der Waals surface area contributed by atoms with Gasteiger partial charge in [0.1, 0.15) is 6.10 Å². The first-order valence-electron chi connectivity index (χ1n) is 5.26. The highest BCUT2D eigenvalue weighted by Gasteiger charge is 2.20. The zero-order chi connectivity index (χ0) is 11.3. The largest absolute Gasteiger partial charge is 0.388 e. The summed E-state index contributed by atoms with van der Waals surface area (Å²) in [5, 5.41) is 11.9. The summed E-state index contributed by atoms with van der Waals surface area (Å²) >= 11 is 0. The number of nitrogens with one attached hydrogen (secondary N) is 1. The van der Waals surface area contributed by atoms with Gasteiger partial charge in [-0.1, -0.05) is 0 Å². The number of carbonyl (C=O) groups is 1. The van der Waals surface area contributed by atoms with Gasteiger partial charge >= 0.3 is 0 Å². The fraction of sp³-hybridized carbons (Fsp3) is 0.900. The van der Waals surface area contributed by atoms with Crippen LogP contribution in [0, 0.1) is 0 Å². The van der Waals surface area contributed by atoms with Gasteiger partial charge in [0, 0.05) is 19.4 Å². The van der Waals surface area contributed by atoms with Crippen LogP contribution in [0.15, 0.2) is 0 Å². The van der Waals surface area contributed by atoms with E-state index in [4.69, 9.17) is 14.6 Å². The van der Waals surface area contributed by atoms with Gasteiger partial charge in [-0.25, -0.2) is 0 Å². The molecule has 1 atom stereocenters. The van der Waals surface area contributed by atoms with Crippen LogP contribution in [0.4, 0.5) is 0 Å². The lowest BCUT2D eigenvalue weighted by Crippen LogP contribution is -2.37. The highest BCUT2D eigenvalue weighted by atomic mass is 16.7. The second-order valence-electron chi connectivity index (χ2n) is 3.93. The van der Waals surface area contributed by atoms with Crippen LogP contribution in [0.2, 0.25) is 0 Å². The fourth-order valence-corrected chi connectivity index (χ4v) is 1.50. The SMILES string of the molecule is CC(=O)N[C@@H](C)CC[C@H]1OC[C@H](O)CO1. The summed E-state index contributed by atoms with van der Waals surface area (Å²) in [5.74, 6) is -0.0246. The Kier molecular flexibility index (Phi) is 5.01. The third-order valence-corrected chi connectivity index (χ3v) is 2.23. The average Bonchev–Trinajstić information content (AvgIpc) is 2.16. The lowest BCUT2D eigenvalue weighted by molar-refractivity contribution is -0.218. The maximum absolute atomic E-state index is 10.7. The molecule has 0 unspecified atom stereocenters. The van der Waals surface area contributed by atoms with E-state index in [9.17, 15) is 4.79 Å². The molecule has 0 aromatic rings. The van der Waals surface area contributed by atoms with Gasteiger partial charge < -0.3 is 19.9 Å². The molecule has 88 valence electrons. The number of amides is 1. The van der Waals surface area contributed by atoms with Crippen LogP contribution in [-0.2, 0) is 14.3 Å². The molecule has 1 aliphatic heterocycles. The molecule has 1 heterocycles. The highest BCUT2D eigenvalue weighted by molar-refractivity contribution is 5.73. The third kappa shape index (κ3) is 5.11. The average molecular weight is 217 g/mol. The molecule has 1 rings (SSSR count). The van der Waals surface area contributed by atoms with E-state index >= 15 is 0 Å². The quantitative estimate of drug-likeness (QED) is 0.697. The molecule has 5 nitrogen and oxygen atoms in total. The molecule has 1 saturated heterocycles. The molecule has 1 aliphatic rings. The standard InChI is InChI=1S/C10H19NO4/c1-7(11-8(2)12)3-4-10-14-5-9(13)6-15-10/h7,9-10,13H,3-6H2,1-2H3,(H,11,12)/t7-,9-,10-/m0/s1. The van der Waals surface area contributed by atoms with Crippen molar-refractivity contribution in [3.05, 3.63) is 0 Å². The Morgan fingerprint density at radius 2 is 2.13 bits per heavy atom. The number of hydrogen-bond donors (Lipinski definition) is 2. The maximum atomic E-state index is 10.7. The topological polar surface area (TPSA) is 67.8 Å². The van der Waals surface area contributed by atoms with Gasteiger partial charge in [0.05, 0.1) is 13.2 Å². The van der Waals surface area contributed by atoms with Gasteiger partial charge in [0.2, 0.25) is 5.91 Å². The van der Waals surface area contributed by atoms with Crippen molar-refractivity contribution in [1.29, 1.82) is 0 Å². The predicted octanol–water partition coefficient (Wildman–Crippen LogP) is 0.0250. The molecule has 0 radical (unpaired) electrons. The van der Waals surface area contributed by atoms with E-state index in [1.807, 2.05) is 6.92 Å². The number of aliphatic hydroxyl groups excluding tert-OH is 1. The van der Waals surface area contributed by atoms with E-state index < -0.39 is 6.10 Å². The predicted molar refractivity (Wildman–Crippen MR) is 54.2 cm³/mol. The minimum Gasteiger partial charge on any atom is -0.388 e. The van der Waals surface area contributed by atoms with E-state index in [1.165, 1.54) is 6.92 Å². The number of hydrogen-bond acceptors (Lipinski definition) is 4. The zero-order valence-corrected chi connectivity index (χ0v) is 9.23. The Balaban J connectivity index is 2.11.